The van der Waals surface area contributed by atoms with Crippen molar-refractivity contribution >= 4 is 5.91 Å². The van der Waals surface area contributed by atoms with E-state index in [4.69, 9.17) is 0 Å². The number of nitrogens with one attached hydrogen (secondary N) is 2. The van der Waals surface area contributed by atoms with Crippen molar-refractivity contribution in [2.75, 3.05) is 19.6 Å². The second-order valence-electron chi connectivity index (χ2n) is 6.81. The van der Waals surface area contributed by atoms with Crippen molar-refractivity contribution in [3.8, 4) is 0 Å². The number of hydrogen-bond acceptors (Lipinski definition) is 3. The van der Waals surface area contributed by atoms with Crippen LogP contribution in [-0.4, -0.2) is 48.6 Å². The Morgan fingerprint density at radius 2 is 2.00 bits per heavy atom. The minimum Gasteiger partial charge on any atom is -0.352 e. The van der Waals surface area contributed by atoms with Gasteiger partial charge in [-0.3, -0.25) is 9.69 Å². The Hall–Kier alpha value is -0.610. The molecule has 2 atom stereocenters. The highest BCUT2D eigenvalue weighted by atomic mass is 16.2. The van der Waals surface area contributed by atoms with E-state index in [1.807, 2.05) is 0 Å². The fourth-order valence-corrected chi connectivity index (χ4v) is 3.66. The maximum atomic E-state index is 12.5. The zero-order valence-corrected chi connectivity index (χ0v) is 13.9. The highest BCUT2D eigenvalue weighted by Crippen LogP contribution is 2.18. The van der Waals surface area contributed by atoms with Crippen molar-refractivity contribution in [1.82, 2.24) is 15.5 Å². The zero-order chi connectivity index (χ0) is 15.1. The van der Waals surface area contributed by atoms with E-state index in [1.54, 1.807) is 0 Å². The second kappa shape index (κ2) is 8.74. The Kier molecular flexibility index (Phi) is 6.97. The lowest BCUT2D eigenvalue weighted by Crippen LogP contribution is -2.51. The lowest BCUT2D eigenvalue weighted by Gasteiger charge is -2.32. The van der Waals surface area contributed by atoms with Crippen LogP contribution in [-0.2, 0) is 4.79 Å². The normalized spacial score (nSPS) is 25.2. The van der Waals surface area contributed by atoms with E-state index in [0.717, 1.165) is 38.9 Å². The molecular formula is C17H33N3O. The smallest absolute Gasteiger partial charge is 0.237 e. The molecule has 0 spiro atoms. The molecule has 4 nitrogen and oxygen atoms in total. The third-order valence-corrected chi connectivity index (χ3v) is 5.01. The molecule has 122 valence electrons. The number of rotatable bonds is 7. The van der Waals surface area contributed by atoms with Gasteiger partial charge in [-0.2, -0.15) is 0 Å². The summed E-state index contributed by atoms with van der Waals surface area (Å²) in [6.07, 6.45) is 9.82. The Morgan fingerprint density at radius 1 is 1.24 bits per heavy atom. The Bertz CT molecular complexity index is 309. The lowest BCUT2D eigenvalue weighted by molar-refractivity contribution is -0.127. The summed E-state index contributed by atoms with van der Waals surface area (Å²) in [7, 11) is 0. The van der Waals surface area contributed by atoms with E-state index in [-0.39, 0.29) is 11.9 Å². The molecule has 0 aromatic carbocycles. The van der Waals surface area contributed by atoms with Gasteiger partial charge in [0, 0.05) is 18.6 Å². The van der Waals surface area contributed by atoms with Crippen LogP contribution in [0.15, 0.2) is 0 Å². The fraction of sp³-hybridized carbons (Fsp3) is 0.941. The summed E-state index contributed by atoms with van der Waals surface area (Å²) < 4.78 is 0. The molecule has 2 fully saturated rings. The van der Waals surface area contributed by atoms with Gasteiger partial charge in [-0.15, -0.1) is 0 Å². The minimum atomic E-state index is -0.00530. The van der Waals surface area contributed by atoms with E-state index in [9.17, 15) is 4.79 Å². The van der Waals surface area contributed by atoms with Crippen molar-refractivity contribution in [2.45, 2.75) is 83.3 Å². The predicted molar refractivity (Wildman–Crippen MR) is 87.4 cm³/mol. The summed E-state index contributed by atoms with van der Waals surface area (Å²) >= 11 is 0. The highest BCUT2D eigenvalue weighted by molar-refractivity contribution is 5.81. The number of hydrogen-bond donors (Lipinski definition) is 2. The third-order valence-electron chi connectivity index (χ3n) is 5.01. The quantitative estimate of drug-likeness (QED) is 0.757. The van der Waals surface area contributed by atoms with Gasteiger partial charge in [-0.05, 0) is 52.1 Å². The van der Waals surface area contributed by atoms with E-state index in [1.165, 1.54) is 32.1 Å². The average molecular weight is 295 g/mol. The first-order chi connectivity index (χ1) is 10.2. The molecule has 2 aliphatic rings. The molecule has 1 saturated carbocycles. The van der Waals surface area contributed by atoms with E-state index in [0.29, 0.717) is 12.1 Å². The molecule has 2 rings (SSSR count). The van der Waals surface area contributed by atoms with Gasteiger partial charge < -0.3 is 10.6 Å². The lowest BCUT2D eigenvalue weighted by atomic mass is 9.95. The molecule has 2 N–H and O–H groups in total. The SMILES string of the molecule is CCCN(CC1CCCN1)C(C)C(=O)NC1CCCCC1. The largest absolute Gasteiger partial charge is 0.352 e. The molecule has 2 unspecified atom stereocenters. The average Bonchev–Trinajstić information content (AvgIpc) is 3.00. The fourth-order valence-electron chi connectivity index (χ4n) is 3.66. The zero-order valence-electron chi connectivity index (χ0n) is 13.9. The van der Waals surface area contributed by atoms with Crippen molar-refractivity contribution in [3.05, 3.63) is 0 Å². The monoisotopic (exact) mass is 295 g/mol. The standard InChI is InChI=1S/C17H33N3O/c1-3-12-20(13-16-10-7-11-18-16)14(2)17(21)19-15-8-5-4-6-9-15/h14-16,18H,3-13H2,1-2H3,(H,19,21). The first kappa shape index (κ1) is 16.8. The number of carbonyl (C=O) groups excluding carboxylic acids is 1. The van der Waals surface area contributed by atoms with Gasteiger partial charge in [0.1, 0.15) is 0 Å². The van der Waals surface area contributed by atoms with Crippen LogP contribution >= 0.6 is 0 Å². The van der Waals surface area contributed by atoms with Crippen molar-refractivity contribution in [3.63, 3.8) is 0 Å². The molecule has 0 bridgehead atoms. The van der Waals surface area contributed by atoms with Crippen LogP contribution in [0.2, 0.25) is 0 Å². The molecule has 1 saturated heterocycles. The topological polar surface area (TPSA) is 44.4 Å². The summed E-state index contributed by atoms with van der Waals surface area (Å²) in [6, 6.07) is 0.984. The summed E-state index contributed by atoms with van der Waals surface area (Å²) in [5, 5.41) is 6.83. The van der Waals surface area contributed by atoms with E-state index >= 15 is 0 Å². The first-order valence-electron chi connectivity index (χ1n) is 8.98. The summed E-state index contributed by atoms with van der Waals surface area (Å²) in [6.45, 7) is 7.42. The van der Waals surface area contributed by atoms with Gasteiger partial charge in [-0.25, -0.2) is 0 Å². The molecule has 1 aliphatic carbocycles. The van der Waals surface area contributed by atoms with E-state index in [2.05, 4.69) is 29.4 Å². The van der Waals surface area contributed by atoms with Crippen LogP contribution in [0.25, 0.3) is 0 Å². The molecule has 21 heavy (non-hydrogen) atoms. The van der Waals surface area contributed by atoms with Crippen LogP contribution in [0.1, 0.15) is 65.2 Å². The number of amides is 1. The minimum absolute atomic E-state index is 0.00530. The van der Waals surface area contributed by atoms with Gasteiger partial charge in [0.2, 0.25) is 5.91 Å². The van der Waals surface area contributed by atoms with Crippen molar-refractivity contribution < 1.29 is 4.79 Å². The molecule has 4 heteroatoms. The maximum absolute atomic E-state index is 12.5. The number of carbonyl (C=O) groups is 1. The third kappa shape index (κ3) is 5.26. The molecular weight excluding hydrogens is 262 g/mol. The van der Waals surface area contributed by atoms with Gasteiger partial charge >= 0.3 is 0 Å². The molecule has 1 heterocycles. The summed E-state index contributed by atoms with van der Waals surface area (Å²) in [5.41, 5.74) is 0. The van der Waals surface area contributed by atoms with Crippen LogP contribution in [0, 0.1) is 0 Å². The molecule has 1 amide bonds. The molecule has 1 aliphatic heterocycles. The summed E-state index contributed by atoms with van der Waals surface area (Å²) in [5.74, 6) is 0.230. The summed E-state index contributed by atoms with van der Waals surface area (Å²) in [4.78, 5) is 14.9. The van der Waals surface area contributed by atoms with E-state index < -0.39 is 0 Å². The second-order valence-corrected chi connectivity index (χ2v) is 6.81. The van der Waals surface area contributed by atoms with Crippen LogP contribution in [0.3, 0.4) is 0 Å². The van der Waals surface area contributed by atoms with Gasteiger partial charge in [0.05, 0.1) is 6.04 Å². The van der Waals surface area contributed by atoms with Gasteiger partial charge in [0.15, 0.2) is 0 Å². The van der Waals surface area contributed by atoms with Crippen LogP contribution < -0.4 is 10.6 Å². The maximum Gasteiger partial charge on any atom is 0.237 e. The highest BCUT2D eigenvalue weighted by Gasteiger charge is 2.26. The van der Waals surface area contributed by atoms with Crippen LogP contribution in [0.5, 0.6) is 0 Å². The Morgan fingerprint density at radius 3 is 2.62 bits per heavy atom. The molecule has 0 aromatic rings. The Labute approximate surface area is 130 Å². The Balaban J connectivity index is 1.83. The van der Waals surface area contributed by atoms with Crippen molar-refractivity contribution in [1.29, 1.82) is 0 Å². The van der Waals surface area contributed by atoms with Gasteiger partial charge in [0.25, 0.3) is 0 Å². The first-order valence-corrected chi connectivity index (χ1v) is 8.98. The molecule has 0 radical (unpaired) electrons. The molecule has 0 aromatic heterocycles. The van der Waals surface area contributed by atoms with Crippen LogP contribution in [0.4, 0.5) is 0 Å². The number of nitrogens with zero attached hydrogens (tertiary/aromatic N) is 1. The van der Waals surface area contributed by atoms with Gasteiger partial charge in [-0.1, -0.05) is 26.2 Å². The predicted octanol–water partition coefficient (Wildman–Crippen LogP) is 2.29. The van der Waals surface area contributed by atoms with Crippen molar-refractivity contribution in [2.24, 2.45) is 0 Å².